The van der Waals surface area contributed by atoms with E-state index < -0.39 is 7.32 Å². The summed E-state index contributed by atoms with van der Waals surface area (Å²) in [5.74, 6) is 0.528. The van der Waals surface area contributed by atoms with Gasteiger partial charge < -0.3 is 16.1 Å². The quantitative estimate of drug-likeness (QED) is 0.587. The van der Waals surface area contributed by atoms with Gasteiger partial charge >= 0.3 is 36.9 Å². The van der Waals surface area contributed by atoms with Gasteiger partial charge in [-0.2, -0.15) is 0 Å². The summed E-state index contributed by atoms with van der Waals surface area (Å²) in [4.78, 5) is 0. The molecular formula is C10H16BNaO3. The molecule has 0 spiro atoms. The van der Waals surface area contributed by atoms with Gasteiger partial charge in [-0.1, -0.05) is 0 Å². The van der Waals surface area contributed by atoms with Crippen LogP contribution in [-0.4, -0.2) is 17.4 Å². The van der Waals surface area contributed by atoms with Crippen molar-refractivity contribution >= 4 is 7.32 Å². The van der Waals surface area contributed by atoms with E-state index in [-0.39, 0.29) is 31.0 Å². The van der Waals surface area contributed by atoms with Crippen molar-refractivity contribution in [2.24, 2.45) is 0 Å². The Morgan fingerprint density at radius 2 is 1.60 bits per heavy atom. The number of aryl methyl sites for hydroxylation is 1. The van der Waals surface area contributed by atoms with Gasteiger partial charge in [-0.25, -0.2) is 0 Å². The molecule has 5 heteroatoms. The Morgan fingerprint density at radius 1 is 1.07 bits per heavy atom. The van der Waals surface area contributed by atoms with Gasteiger partial charge in [0, 0.05) is 0 Å². The molecule has 1 aromatic carbocycles. The minimum atomic E-state index is -1.75. The Labute approximate surface area is 114 Å². The van der Waals surface area contributed by atoms with Crippen LogP contribution >= 0.6 is 0 Å². The summed E-state index contributed by atoms with van der Waals surface area (Å²) in [6.07, 6.45) is 0. The van der Waals surface area contributed by atoms with Gasteiger partial charge in [0.2, 0.25) is 0 Å². The van der Waals surface area contributed by atoms with E-state index in [1.807, 2.05) is 33.8 Å². The molecule has 0 aromatic heterocycles. The third kappa shape index (κ3) is 3.50. The van der Waals surface area contributed by atoms with Crippen LogP contribution in [0.15, 0.2) is 6.07 Å². The predicted molar refractivity (Wildman–Crippen MR) is 57.3 cm³/mol. The Bertz CT molecular complexity index is 358. The molecule has 2 N–H and O–H groups in total. The van der Waals surface area contributed by atoms with Gasteiger partial charge in [-0.15, -0.1) is 0 Å². The molecule has 0 fully saturated rings. The Hall–Kier alpha value is 0.00494. The van der Waals surface area contributed by atoms with Crippen molar-refractivity contribution in [2.45, 2.75) is 27.7 Å². The molecule has 3 nitrogen and oxygen atoms in total. The van der Waals surface area contributed by atoms with Gasteiger partial charge in [0.1, 0.15) is 5.75 Å². The monoisotopic (exact) mass is 218 g/mol. The van der Waals surface area contributed by atoms with Crippen LogP contribution in [0.1, 0.15) is 23.7 Å². The van der Waals surface area contributed by atoms with Gasteiger partial charge in [0.15, 0.2) is 0 Å². The van der Waals surface area contributed by atoms with Crippen LogP contribution in [0.2, 0.25) is 0 Å². The van der Waals surface area contributed by atoms with Crippen LogP contribution in [0, 0.1) is 27.7 Å². The first-order valence-corrected chi connectivity index (χ1v) is 4.53. The summed E-state index contributed by atoms with van der Waals surface area (Å²) in [7, 11) is -1.75. The first-order chi connectivity index (χ1) is 6.43. The molecule has 0 heterocycles. The summed E-state index contributed by atoms with van der Waals surface area (Å²) in [6, 6.07) is 1.82. The van der Waals surface area contributed by atoms with E-state index in [0.29, 0.717) is 5.75 Å². The van der Waals surface area contributed by atoms with Crippen LogP contribution < -0.4 is 34.2 Å². The van der Waals surface area contributed by atoms with E-state index in [4.69, 9.17) is 14.7 Å². The molecule has 0 amide bonds. The molecule has 1 rings (SSSR count). The maximum absolute atomic E-state index is 8.71. The van der Waals surface area contributed by atoms with Gasteiger partial charge in [0.25, 0.3) is 0 Å². The number of hydrogen-bond donors (Lipinski definition) is 2. The molecule has 0 aliphatic rings. The molecule has 0 saturated heterocycles. The van der Waals surface area contributed by atoms with E-state index in [1.165, 1.54) is 5.56 Å². The van der Waals surface area contributed by atoms with E-state index in [1.54, 1.807) is 0 Å². The average molecular weight is 218 g/mol. The fraction of sp³-hybridized carbons (Fsp3) is 0.400. The number of rotatable bonds is 2. The molecule has 15 heavy (non-hydrogen) atoms. The van der Waals surface area contributed by atoms with Gasteiger partial charge in [0.05, 0.1) is 0 Å². The molecule has 0 saturated carbocycles. The minimum absolute atomic E-state index is 0. The fourth-order valence-electron chi connectivity index (χ4n) is 1.41. The maximum atomic E-state index is 8.71. The average Bonchev–Trinajstić information content (AvgIpc) is 2.10. The van der Waals surface area contributed by atoms with Crippen LogP contribution in [0.25, 0.3) is 0 Å². The van der Waals surface area contributed by atoms with Crippen molar-refractivity contribution in [3.8, 4) is 5.75 Å². The number of hydrogen-bond acceptors (Lipinski definition) is 3. The summed E-state index contributed by atoms with van der Waals surface area (Å²) >= 11 is 0. The fourth-order valence-corrected chi connectivity index (χ4v) is 1.41. The Kier molecular flexibility index (Phi) is 5.92. The first kappa shape index (κ1) is 15.0. The third-order valence-electron chi connectivity index (χ3n) is 2.67. The third-order valence-corrected chi connectivity index (χ3v) is 2.67. The topological polar surface area (TPSA) is 49.7 Å². The predicted octanol–water partition coefficient (Wildman–Crippen LogP) is -1.61. The molecule has 0 aliphatic carbocycles. The van der Waals surface area contributed by atoms with Crippen LogP contribution in [0.3, 0.4) is 0 Å². The van der Waals surface area contributed by atoms with Gasteiger partial charge in [-0.3, -0.25) is 0 Å². The van der Waals surface area contributed by atoms with Gasteiger partial charge in [-0.05, 0) is 56.0 Å². The normalized spacial score (nSPS) is 9.47. The van der Waals surface area contributed by atoms with Crippen molar-refractivity contribution in [3.05, 3.63) is 28.3 Å². The molecular weight excluding hydrogens is 202 g/mol. The zero-order valence-electron chi connectivity index (χ0n) is 11.0. The second kappa shape index (κ2) is 5.92. The van der Waals surface area contributed by atoms with Crippen LogP contribution in [-0.2, 0) is 0 Å². The van der Waals surface area contributed by atoms with E-state index in [0.717, 1.165) is 16.7 Å². The van der Waals surface area contributed by atoms with E-state index in [2.05, 4.69) is 0 Å². The van der Waals surface area contributed by atoms with Crippen molar-refractivity contribution < 1.29 is 45.7 Å². The van der Waals surface area contributed by atoms with Crippen molar-refractivity contribution in [1.82, 2.24) is 0 Å². The van der Waals surface area contributed by atoms with Crippen LogP contribution in [0.4, 0.5) is 0 Å². The molecule has 0 radical (unpaired) electrons. The van der Waals surface area contributed by atoms with Crippen molar-refractivity contribution in [1.29, 1.82) is 0 Å². The zero-order chi connectivity index (χ0) is 10.9. The summed E-state index contributed by atoms with van der Waals surface area (Å²) in [6.45, 7) is 7.91. The summed E-state index contributed by atoms with van der Waals surface area (Å²) in [5.41, 5.74) is 4.37. The van der Waals surface area contributed by atoms with E-state index in [9.17, 15) is 0 Å². The van der Waals surface area contributed by atoms with Crippen molar-refractivity contribution in [3.63, 3.8) is 0 Å². The Balaban J connectivity index is 0. The molecule has 78 valence electrons. The minimum Gasteiger partial charge on any atom is -1.00 e. The largest absolute Gasteiger partial charge is 1.00 e. The second-order valence-electron chi connectivity index (χ2n) is 3.51. The zero-order valence-corrected chi connectivity index (χ0v) is 12.0. The SMILES string of the molecule is Cc1cc(OB(O)O)c(C)c(C)c1C.[H-].[Na+]. The summed E-state index contributed by atoms with van der Waals surface area (Å²) < 4.78 is 4.87. The van der Waals surface area contributed by atoms with Crippen molar-refractivity contribution in [2.75, 3.05) is 0 Å². The first-order valence-electron chi connectivity index (χ1n) is 4.53. The smallest absolute Gasteiger partial charge is 1.00 e. The molecule has 1 aromatic rings. The Morgan fingerprint density at radius 3 is 2.07 bits per heavy atom. The van der Waals surface area contributed by atoms with E-state index >= 15 is 0 Å². The molecule has 0 aliphatic heterocycles. The molecule has 0 bridgehead atoms. The second-order valence-corrected chi connectivity index (χ2v) is 3.51. The van der Waals surface area contributed by atoms with Crippen LogP contribution in [0.5, 0.6) is 5.75 Å². The number of benzene rings is 1. The summed E-state index contributed by atoms with van der Waals surface area (Å²) in [5, 5.41) is 17.4. The standard InChI is InChI=1S/C10H15BO3.Na.H/c1-6-5-10(14-11(12)13)9(4)8(3)7(6)2;;/h5,12-13H,1-4H3;;/q;+1;-1. The molecule has 0 atom stereocenters. The molecule has 0 unspecified atom stereocenters. The maximum Gasteiger partial charge on any atom is 1.00 e.